The van der Waals surface area contributed by atoms with Gasteiger partial charge in [0.25, 0.3) is 0 Å². The minimum atomic E-state index is -0.343. The van der Waals surface area contributed by atoms with Gasteiger partial charge in [-0.1, -0.05) is 30.3 Å². The maximum absolute atomic E-state index is 10.4. The van der Waals surface area contributed by atoms with Crippen molar-refractivity contribution < 1.29 is 5.11 Å². The fourth-order valence-corrected chi connectivity index (χ4v) is 3.56. The molecule has 19 heavy (non-hydrogen) atoms. The highest BCUT2D eigenvalue weighted by molar-refractivity contribution is 7.09. The lowest BCUT2D eigenvalue weighted by atomic mass is 10.1. The number of fused-ring (bicyclic) bond motifs is 1. The molecule has 0 aliphatic heterocycles. The van der Waals surface area contributed by atoms with Gasteiger partial charge in [0.2, 0.25) is 0 Å². The quantitative estimate of drug-likeness (QED) is 0.926. The van der Waals surface area contributed by atoms with E-state index in [0.717, 1.165) is 24.9 Å². The number of nitrogens with zero attached hydrogens (tertiary/aromatic N) is 1. The summed E-state index contributed by atoms with van der Waals surface area (Å²) in [5.74, 6) is 0. The van der Waals surface area contributed by atoms with Gasteiger partial charge in [-0.3, -0.25) is 4.90 Å². The molecule has 0 saturated carbocycles. The van der Waals surface area contributed by atoms with Gasteiger partial charge >= 0.3 is 0 Å². The molecule has 1 aromatic heterocycles. The highest BCUT2D eigenvalue weighted by atomic mass is 32.1. The Balaban J connectivity index is 1.64. The number of hydrogen-bond acceptors (Lipinski definition) is 3. The first-order valence-electron chi connectivity index (χ1n) is 6.74. The minimum absolute atomic E-state index is 0.220. The summed E-state index contributed by atoms with van der Waals surface area (Å²) < 4.78 is 0. The van der Waals surface area contributed by atoms with Crippen LogP contribution in [0.5, 0.6) is 0 Å². The SMILES string of the molecule is CN(CCc1cccs1)[C@H]1Cc2ccccc2[C@@H]1O. The van der Waals surface area contributed by atoms with Gasteiger partial charge in [0, 0.05) is 17.5 Å². The first kappa shape index (κ1) is 12.9. The zero-order valence-electron chi connectivity index (χ0n) is 11.1. The lowest BCUT2D eigenvalue weighted by Crippen LogP contribution is -2.36. The minimum Gasteiger partial charge on any atom is -0.387 e. The monoisotopic (exact) mass is 273 g/mol. The highest BCUT2D eigenvalue weighted by Gasteiger charge is 2.32. The van der Waals surface area contributed by atoms with Crippen LogP contribution >= 0.6 is 11.3 Å². The van der Waals surface area contributed by atoms with Crippen molar-refractivity contribution in [2.75, 3.05) is 13.6 Å². The molecule has 1 aromatic carbocycles. The topological polar surface area (TPSA) is 23.5 Å². The molecular formula is C16H19NOS. The first-order valence-corrected chi connectivity index (χ1v) is 7.62. The largest absolute Gasteiger partial charge is 0.387 e. The molecule has 3 heteroatoms. The Morgan fingerprint density at radius 1 is 1.26 bits per heavy atom. The van der Waals surface area contributed by atoms with Gasteiger partial charge in [-0.2, -0.15) is 0 Å². The molecule has 2 atom stereocenters. The van der Waals surface area contributed by atoms with Gasteiger partial charge < -0.3 is 5.11 Å². The van der Waals surface area contributed by atoms with Crippen molar-refractivity contribution in [1.82, 2.24) is 4.90 Å². The Bertz CT molecular complexity index is 537. The second-order valence-electron chi connectivity index (χ2n) is 5.23. The van der Waals surface area contributed by atoms with Crippen LogP contribution in [0.3, 0.4) is 0 Å². The Morgan fingerprint density at radius 3 is 2.84 bits per heavy atom. The third kappa shape index (κ3) is 2.59. The predicted octanol–water partition coefficient (Wildman–Crippen LogP) is 2.88. The van der Waals surface area contributed by atoms with E-state index in [2.05, 4.69) is 41.6 Å². The highest BCUT2D eigenvalue weighted by Crippen LogP contribution is 2.33. The number of likely N-dealkylation sites (N-methyl/N-ethyl adjacent to an activating group) is 1. The molecule has 0 spiro atoms. The van der Waals surface area contributed by atoms with E-state index in [1.165, 1.54) is 10.4 Å². The summed E-state index contributed by atoms with van der Waals surface area (Å²) in [6.45, 7) is 0.996. The first-order chi connectivity index (χ1) is 9.25. The van der Waals surface area contributed by atoms with Gasteiger partial charge in [0.15, 0.2) is 0 Å². The van der Waals surface area contributed by atoms with E-state index in [-0.39, 0.29) is 12.1 Å². The van der Waals surface area contributed by atoms with Crippen LogP contribution in [-0.2, 0) is 12.8 Å². The maximum Gasteiger partial charge on any atom is 0.0950 e. The number of rotatable bonds is 4. The predicted molar refractivity (Wildman–Crippen MR) is 79.5 cm³/mol. The lowest BCUT2D eigenvalue weighted by molar-refractivity contribution is 0.0768. The molecule has 1 aliphatic rings. The standard InChI is InChI=1S/C16H19NOS/c1-17(9-8-13-6-4-10-19-13)15-11-12-5-2-3-7-14(12)16(15)18/h2-7,10,15-16,18H,8-9,11H2,1H3/t15-,16-/m0/s1. The van der Waals surface area contributed by atoms with E-state index < -0.39 is 0 Å². The molecule has 0 bridgehead atoms. The molecule has 1 heterocycles. The molecule has 1 aliphatic carbocycles. The van der Waals surface area contributed by atoms with Crippen molar-refractivity contribution in [3.63, 3.8) is 0 Å². The van der Waals surface area contributed by atoms with Crippen LogP contribution in [0.15, 0.2) is 41.8 Å². The molecule has 0 saturated heterocycles. The van der Waals surface area contributed by atoms with Gasteiger partial charge in [-0.25, -0.2) is 0 Å². The molecule has 2 nitrogen and oxygen atoms in total. The summed E-state index contributed by atoms with van der Waals surface area (Å²) in [6, 6.07) is 12.7. The van der Waals surface area contributed by atoms with Crippen LogP contribution in [-0.4, -0.2) is 29.6 Å². The molecule has 0 radical (unpaired) electrons. The van der Waals surface area contributed by atoms with E-state index in [1.807, 2.05) is 12.1 Å². The van der Waals surface area contributed by atoms with Gasteiger partial charge in [0.05, 0.1) is 6.10 Å². The number of thiophene rings is 1. The van der Waals surface area contributed by atoms with E-state index in [0.29, 0.717) is 0 Å². The smallest absolute Gasteiger partial charge is 0.0950 e. The molecule has 2 aromatic rings. The zero-order chi connectivity index (χ0) is 13.2. The van der Waals surface area contributed by atoms with Crippen LogP contribution in [0.1, 0.15) is 22.1 Å². The Morgan fingerprint density at radius 2 is 2.11 bits per heavy atom. The van der Waals surface area contributed by atoms with E-state index in [1.54, 1.807) is 11.3 Å². The number of hydrogen-bond donors (Lipinski definition) is 1. The molecule has 0 unspecified atom stereocenters. The zero-order valence-corrected chi connectivity index (χ0v) is 11.9. The second-order valence-corrected chi connectivity index (χ2v) is 6.26. The van der Waals surface area contributed by atoms with Crippen molar-refractivity contribution in [3.8, 4) is 0 Å². The number of aliphatic hydroxyl groups excluding tert-OH is 1. The van der Waals surface area contributed by atoms with E-state index in [9.17, 15) is 5.11 Å². The summed E-state index contributed by atoms with van der Waals surface area (Å²) in [5, 5.41) is 12.6. The number of benzene rings is 1. The summed E-state index contributed by atoms with van der Waals surface area (Å²) in [6.07, 6.45) is 1.68. The molecular weight excluding hydrogens is 254 g/mol. The Kier molecular flexibility index (Phi) is 3.69. The average molecular weight is 273 g/mol. The Hall–Kier alpha value is -1.16. The fraction of sp³-hybridized carbons (Fsp3) is 0.375. The molecule has 0 amide bonds. The maximum atomic E-state index is 10.4. The summed E-state index contributed by atoms with van der Waals surface area (Å²) >= 11 is 1.81. The van der Waals surface area contributed by atoms with Gasteiger partial charge in [-0.15, -0.1) is 11.3 Å². The van der Waals surface area contributed by atoms with Crippen LogP contribution in [0.25, 0.3) is 0 Å². The van der Waals surface area contributed by atoms with Crippen LogP contribution in [0, 0.1) is 0 Å². The van der Waals surface area contributed by atoms with Crippen molar-refractivity contribution in [1.29, 1.82) is 0 Å². The van der Waals surface area contributed by atoms with Crippen molar-refractivity contribution >= 4 is 11.3 Å². The second kappa shape index (κ2) is 5.45. The average Bonchev–Trinajstić information content (AvgIpc) is 3.05. The normalized spacial score (nSPS) is 21.8. The fourth-order valence-electron chi connectivity index (χ4n) is 2.86. The third-order valence-corrected chi connectivity index (χ3v) is 4.96. The van der Waals surface area contributed by atoms with Gasteiger partial charge in [0.1, 0.15) is 0 Å². The van der Waals surface area contributed by atoms with Crippen molar-refractivity contribution in [3.05, 3.63) is 57.8 Å². The van der Waals surface area contributed by atoms with Crippen LogP contribution in [0.4, 0.5) is 0 Å². The molecule has 100 valence electrons. The number of aliphatic hydroxyl groups is 1. The van der Waals surface area contributed by atoms with Gasteiger partial charge in [-0.05, 0) is 42.5 Å². The third-order valence-electron chi connectivity index (χ3n) is 4.02. The molecule has 3 rings (SSSR count). The molecule has 1 N–H and O–H groups in total. The summed E-state index contributed by atoms with van der Waals surface area (Å²) in [5.41, 5.74) is 2.40. The van der Waals surface area contributed by atoms with E-state index in [4.69, 9.17) is 0 Å². The van der Waals surface area contributed by atoms with Crippen molar-refractivity contribution in [2.45, 2.75) is 25.0 Å². The molecule has 0 fully saturated rings. The van der Waals surface area contributed by atoms with Crippen molar-refractivity contribution in [2.24, 2.45) is 0 Å². The van der Waals surface area contributed by atoms with E-state index >= 15 is 0 Å². The summed E-state index contributed by atoms with van der Waals surface area (Å²) in [4.78, 5) is 3.71. The Labute approximate surface area is 118 Å². The summed E-state index contributed by atoms with van der Waals surface area (Å²) in [7, 11) is 2.12. The van der Waals surface area contributed by atoms with Crippen LogP contribution < -0.4 is 0 Å². The van der Waals surface area contributed by atoms with Crippen LogP contribution in [0.2, 0.25) is 0 Å². The lowest BCUT2D eigenvalue weighted by Gasteiger charge is -2.27.